The molecule has 2 aromatic heterocycles. The lowest BCUT2D eigenvalue weighted by molar-refractivity contribution is -0.135. The van der Waals surface area contributed by atoms with Crippen LogP contribution >= 0.6 is 0 Å². The summed E-state index contributed by atoms with van der Waals surface area (Å²) in [6.45, 7) is 10.3. The van der Waals surface area contributed by atoms with Gasteiger partial charge in [0.25, 0.3) is 0 Å². The molecule has 3 aromatic carbocycles. The Balaban J connectivity index is 0.968. The molecule has 6 atom stereocenters. The Morgan fingerprint density at radius 3 is 1.74 bits per heavy atom. The smallest absolute Gasteiger partial charge is 0.407 e. The van der Waals surface area contributed by atoms with Gasteiger partial charge >= 0.3 is 12.2 Å². The molecule has 6 unspecified atom stereocenters. The molecule has 65 heavy (non-hydrogen) atoms. The Labute approximate surface area is 380 Å². The molecule has 0 radical (unpaired) electrons. The van der Waals surface area contributed by atoms with Gasteiger partial charge in [-0.2, -0.15) is 0 Å². The molecule has 0 aliphatic carbocycles. The Morgan fingerprint density at radius 2 is 1.20 bits per heavy atom. The third-order valence-corrected chi connectivity index (χ3v) is 13.6. The third kappa shape index (κ3) is 9.90. The molecule has 3 amide bonds. The maximum Gasteiger partial charge on any atom is 0.407 e. The summed E-state index contributed by atoms with van der Waals surface area (Å²) in [4.78, 5) is 61.1. The van der Waals surface area contributed by atoms with E-state index in [9.17, 15) is 18.8 Å². The molecule has 3 fully saturated rings. The Kier molecular flexibility index (Phi) is 13.9. The largest absolute Gasteiger partial charge is 0.453 e. The summed E-state index contributed by atoms with van der Waals surface area (Å²) >= 11 is 0. The SMILES string of the molecule is COC(=O)NC(CN1CCCC1c1ncc(-c2ccc(C3CCC(c4ccc(-c5cnc(C6CCCN6C(=O)C(NC(=O)OC)C(C)C)[nH]5)cc4)N3c3ccc(F)cc3)cc2)[nH]1)C(C)C. The molecule has 0 saturated carbocycles. The first kappa shape index (κ1) is 45.4. The van der Waals surface area contributed by atoms with Crippen molar-refractivity contribution in [2.24, 2.45) is 11.8 Å². The lowest BCUT2D eigenvalue weighted by Crippen LogP contribution is -2.51. The van der Waals surface area contributed by atoms with Crippen LogP contribution < -0.4 is 15.5 Å². The standard InChI is InChI=1S/C50H62FN9O5/c1-30(2)40(56-49(62)64-5)29-58-25-7-9-43(58)46-52-27-38(54-46)32-11-15-34(16-12-32)41-23-24-42(60(41)37-21-19-36(51)20-22-37)35-17-13-33(14-18-35)39-28-53-47(55-39)44-10-8-26-59(44)48(61)45(31(3)4)57-50(63)65-6/h11-22,27-28,30-31,40-45H,7-10,23-26,29H2,1-6H3,(H,52,54)(H,53,55)(H,56,62)(H,57,63). The number of nitrogens with one attached hydrogen (secondary N) is 4. The molecular formula is C50H62FN9O5. The first-order valence-corrected chi connectivity index (χ1v) is 23.0. The average Bonchev–Trinajstić information content (AvgIpc) is 4.18. The van der Waals surface area contributed by atoms with Gasteiger partial charge in [-0.25, -0.2) is 23.9 Å². The normalized spacial score (nSPS) is 20.9. The highest BCUT2D eigenvalue weighted by molar-refractivity contribution is 5.86. The fourth-order valence-electron chi connectivity index (χ4n) is 9.95. The third-order valence-electron chi connectivity index (χ3n) is 13.6. The number of methoxy groups -OCH3 is 2. The number of benzene rings is 3. The molecule has 0 spiro atoms. The van der Waals surface area contributed by atoms with Crippen molar-refractivity contribution < 1.29 is 28.2 Å². The highest BCUT2D eigenvalue weighted by Gasteiger charge is 2.39. The second-order valence-electron chi connectivity index (χ2n) is 18.3. The summed E-state index contributed by atoms with van der Waals surface area (Å²) in [6.07, 6.45) is 8.20. The van der Waals surface area contributed by atoms with Crippen molar-refractivity contribution in [2.45, 2.75) is 102 Å². The summed E-state index contributed by atoms with van der Waals surface area (Å²) in [7, 11) is 2.69. The van der Waals surface area contributed by atoms with Crippen LogP contribution in [0, 0.1) is 17.7 Å². The Morgan fingerprint density at radius 1 is 0.677 bits per heavy atom. The van der Waals surface area contributed by atoms with Gasteiger partial charge in [0.05, 0.1) is 62.2 Å². The number of nitrogens with zero attached hydrogens (tertiary/aromatic N) is 5. The highest BCUT2D eigenvalue weighted by atomic mass is 19.1. The Bertz CT molecular complexity index is 2400. The van der Waals surface area contributed by atoms with Crippen LogP contribution in [0.3, 0.4) is 0 Å². The number of imidazole rings is 2. The number of anilines is 1. The number of hydrogen-bond acceptors (Lipinski definition) is 9. The fourth-order valence-corrected chi connectivity index (χ4v) is 9.95. The van der Waals surface area contributed by atoms with E-state index >= 15 is 0 Å². The first-order chi connectivity index (χ1) is 31.4. The van der Waals surface area contributed by atoms with E-state index in [2.05, 4.69) is 92.8 Å². The summed E-state index contributed by atoms with van der Waals surface area (Å²) in [6, 6.07) is 23.3. The lowest BCUT2D eigenvalue weighted by atomic mass is 10.0. The van der Waals surface area contributed by atoms with Gasteiger partial charge in [0, 0.05) is 24.8 Å². The number of halogens is 1. The predicted molar refractivity (Wildman–Crippen MR) is 247 cm³/mol. The van der Waals surface area contributed by atoms with E-state index in [4.69, 9.17) is 19.4 Å². The van der Waals surface area contributed by atoms with E-state index in [1.165, 1.54) is 31.9 Å². The van der Waals surface area contributed by atoms with Crippen molar-refractivity contribution in [1.29, 1.82) is 0 Å². The molecule has 15 heteroatoms. The summed E-state index contributed by atoms with van der Waals surface area (Å²) in [5.41, 5.74) is 7.15. The number of carbonyl (C=O) groups excluding carboxylic acids is 3. The van der Waals surface area contributed by atoms with Gasteiger partial charge in [-0.05, 0) is 103 Å². The van der Waals surface area contributed by atoms with Crippen LogP contribution in [0.15, 0.2) is 85.2 Å². The van der Waals surface area contributed by atoms with Crippen LogP contribution in [0.4, 0.5) is 19.7 Å². The molecule has 0 bridgehead atoms. The molecule has 8 rings (SSSR count). The van der Waals surface area contributed by atoms with Crippen molar-refractivity contribution in [1.82, 2.24) is 40.4 Å². The van der Waals surface area contributed by atoms with Crippen LogP contribution in [0.25, 0.3) is 22.5 Å². The Hall–Kier alpha value is -6.22. The number of H-pyrrole nitrogens is 2. The maximum atomic E-state index is 14.3. The summed E-state index contributed by atoms with van der Waals surface area (Å²) in [5.74, 6) is 1.37. The zero-order valence-electron chi connectivity index (χ0n) is 38.2. The van der Waals surface area contributed by atoms with E-state index in [0.717, 1.165) is 90.5 Å². The molecule has 3 saturated heterocycles. The van der Waals surface area contributed by atoms with Gasteiger partial charge in [0.15, 0.2) is 0 Å². The molecule has 5 aromatic rings. The topological polar surface area (TPSA) is 161 Å². The number of aromatic nitrogens is 4. The van der Waals surface area contributed by atoms with Gasteiger partial charge < -0.3 is 39.9 Å². The molecule has 3 aliphatic heterocycles. The average molecular weight is 888 g/mol. The van der Waals surface area contributed by atoms with E-state index in [-0.39, 0.29) is 53.8 Å². The molecule has 3 aliphatic rings. The number of likely N-dealkylation sites (tertiary alicyclic amines) is 2. The van der Waals surface area contributed by atoms with E-state index in [0.29, 0.717) is 13.1 Å². The van der Waals surface area contributed by atoms with Gasteiger partial charge in [0.1, 0.15) is 23.5 Å². The minimum atomic E-state index is -0.701. The van der Waals surface area contributed by atoms with Crippen LogP contribution in [0.2, 0.25) is 0 Å². The number of ether oxygens (including phenoxy) is 2. The maximum absolute atomic E-state index is 14.3. The number of carbonyl (C=O) groups is 3. The molecule has 14 nitrogen and oxygen atoms in total. The molecule has 344 valence electrons. The second-order valence-corrected chi connectivity index (χ2v) is 18.3. The van der Waals surface area contributed by atoms with Crippen LogP contribution in [-0.4, -0.2) is 93.8 Å². The zero-order valence-corrected chi connectivity index (χ0v) is 38.2. The van der Waals surface area contributed by atoms with Crippen LogP contribution in [0.1, 0.15) is 113 Å². The molecular weight excluding hydrogens is 826 g/mol. The van der Waals surface area contributed by atoms with Crippen molar-refractivity contribution >= 4 is 23.8 Å². The number of rotatable bonds is 14. The van der Waals surface area contributed by atoms with Crippen molar-refractivity contribution in [2.75, 3.05) is 38.8 Å². The van der Waals surface area contributed by atoms with E-state index in [1.54, 1.807) is 0 Å². The second kappa shape index (κ2) is 19.9. The first-order valence-electron chi connectivity index (χ1n) is 23.0. The summed E-state index contributed by atoms with van der Waals surface area (Å²) in [5, 5.41) is 5.72. The van der Waals surface area contributed by atoms with Crippen LogP contribution in [-0.2, 0) is 14.3 Å². The van der Waals surface area contributed by atoms with Gasteiger partial charge in [0.2, 0.25) is 5.91 Å². The number of alkyl carbamates (subject to hydrolysis) is 2. The molecule has 4 N–H and O–H groups in total. The van der Waals surface area contributed by atoms with Gasteiger partial charge in [-0.15, -0.1) is 0 Å². The quantitative estimate of drug-likeness (QED) is 0.0852. The minimum absolute atomic E-state index is 0.0388. The van der Waals surface area contributed by atoms with Crippen molar-refractivity contribution in [3.05, 3.63) is 114 Å². The van der Waals surface area contributed by atoms with Gasteiger partial charge in [-0.3, -0.25) is 9.69 Å². The zero-order chi connectivity index (χ0) is 45.8. The predicted octanol–water partition coefficient (Wildman–Crippen LogP) is 9.25. The van der Waals surface area contributed by atoms with Gasteiger partial charge in [-0.1, -0.05) is 76.2 Å². The number of amides is 3. The van der Waals surface area contributed by atoms with Crippen LogP contribution in [0.5, 0.6) is 0 Å². The lowest BCUT2D eigenvalue weighted by Gasteiger charge is -2.33. The van der Waals surface area contributed by atoms with E-state index in [1.807, 2.05) is 43.3 Å². The number of aromatic amines is 2. The summed E-state index contributed by atoms with van der Waals surface area (Å²) < 4.78 is 24.0. The molecule has 5 heterocycles. The van der Waals surface area contributed by atoms with Crippen molar-refractivity contribution in [3.63, 3.8) is 0 Å². The van der Waals surface area contributed by atoms with Crippen molar-refractivity contribution in [3.8, 4) is 22.5 Å². The monoisotopic (exact) mass is 887 g/mol. The fraction of sp³-hybridized carbons (Fsp3) is 0.460. The van der Waals surface area contributed by atoms with E-state index < -0.39 is 18.2 Å². The minimum Gasteiger partial charge on any atom is -0.453 e. The highest BCUT2D eigenvalue weighted by Crippen LogP contribution is 2.47. The number of hydrogen-bond donors (Lipinski definition) is 4.